The molecule has 1 aromatic heterocycles. The summed E-state index contributed by atoms with van der Waals surface area (Å²) in [6, 6.07) is 3.16. The Balaban J connectivity index is 1.23. The highest BCUT2D eigenvalue weighted by Crippen LogP contribution is 2.36. The summed E-state index contributed by atoms with van der Waals surface area (Å²) in [6.45, 7) is 5.72. The van der Waals surface area contributed by atoms with Crippen molar-refractivity contribution in [2.45, 2.75) is 56.3 Å². The Morgan fingerprint density at radius 1 is 1.23 bits per heavy atom. The fraction of sp³-hybridized carbons (Fsp3) is 0.571. The Hall–Kier alpha value is -1.52. The van der Waals surface area contributed by atoms with Crippen LogP contribution in [0.2, 0.25) is 0 Å². The van der Waals surface area contributed by atoms with Crippen molar-refractivity contribution in [3.05, 3.63) is 52.3 Å². The molecule has 0 bridgehead atoms. The summed E-state index contributed by atoms with van der Waals surface area (Å²) in [4.78, 5) is 2.33. The molecule has 2 fully saturated rings. The minimum absolute atomic E-state index is 0.130. The molecule has 162 valence electrons. The van der Waals surface area contributed by atoms with Crippen LogP contribution in [0.3, 0.4) is 0 Å². The molecule has 2 saturated heterocycles. The van der Waals surface area contributed by atoms with Crippen LogP contribution in [0.25, 0.3) is 0 Å². The smallest absolute Gasteiger partial charge is 0.129 e. The maximum absolute atomic E-state index is 14.2. The molecule has 1 aromatic carbocycles. The molecular weight excluding hydrogens is 410 g/mol. The lowest BCUT2D eigenvalue weighted by atomic mass is 9.93. The zero-order valence-electron chi connectivity index (χ0n) is 16.9. The number of rotatable bonds is 4. The van der Waals surface area contributed by atoms with Crippen LogP contribution in [0, 0.1) is 18.6 Å². The van der Waals surface area contributed by atoms with E-state index < -0.39 is 23.8 Å². The number of fused-ring (bicyclic) bond motifs is 1. The van der Waals surface area contributed by atoms with Gasteiger partial charge in [0.2, 0.25) is 0 Å². The van der Waals surface area contributed by atoms with E-state index in [4.69, 9.17) is 20.3 Å². The molecule has 4 atom stereocenters. The first kappa shape index (κ1) is 20.4. The summed E-state index contributed by atoms with van der Waals surface area (Å²) < 4.78 is 41.2. The molecule has 0 radical (unpaired) electrons. The van der Waals surface area contributed by atoms with Crippen molar-refractivity contribution in [1.82, 2.24) is 14.1 Å². The van der Waals surface area contributed by atoms with Crippen LogP contribution in [-0.2, 0) is 22.6 Å². The van der Waals surface area contributed by atoms with Crippen LogP contribution in [0.5, 0.6) is 0 Å². The quantitative estimate of drug-likeness (QED) is 0.795. The highest BCUT2D eigenvalue weighted by Gasteiger charge is 2.38. The van der Waals surface area contributed by atoms with E-state index in [1.807, 2.05) is 4.09 Å². The van der Waals surface area contributed by atoms with E-state index in [0.29, 0.717) is 18.3 Å². The second kappa shape index (κ2) is 8.20. The first-order valence-electron chi connectivity index (χ1n) is 10.4. The second-order valence-corrected chi connectivity index (χ2v) is 9.58. The van der Waals surface area contributed by atoms with Gasteiger partial charge in [-0.25, -0.2) is 12.9 Å². The third kappa shape index (κ3) is 3.78. The average Bonchev–Trinajstić information content (AvgIpc) is 3.44. The zero-order valence-corrected chi connectivity index (χ0v) is 17.7. The summed E-state index contributed by atoms with van der Waals surface area (Å²) in [7, 11) is 0. The molecule has 0 spiro atoms. The summed E-state index contributed by atoms with van der Waals surface area (Å²) in [5, 5.41) is 5.28. The highest BCUT2D eigenvalue weighted by atomic mass is 32.2. The van der Waals surface area contributed by atoms with Gasteiger partial charge < -0.3 is 15.2 Å². The van der Waals surface area contributed by atoms with Crippen molar-refractivity contribution >= 4 is 11.9 Å². The molecule has 9 heteroatoms. The third-order valence-electron chi connectivity index (χ3n) is 6.32. The highest BCUT2D eigenvalue weighted by molar-refractivity contribution is 7.98. The lowest BCUT2D eigenvalue weighted by molar-refractivity contribution is -0.0533. The van der Waals surface area contributed by atoms with E-state index in [0.717, 1.165) is 50.6 Å². The van der Waals surface area contributed by atoms with Gasteiger partial charge in [-0.15, -0.1) is 0 Å². The van der Waals surface area contributed by atoms with E-state index in [1.165, 1.54) is 17.3 Å². The molecule has 2 aromatic rings. The molecule has 2 N–H and O–H groups in total. The first-order valence-corrected chi connectivity index (χ1v) is 11.2. The normalized spacial score (nSPS) is 29.5. The Kier molecular flexibility index (Phi) is 5.57. The van der Waals surface area contributed by atoms with Gasteiger partial charge >= 0.3 is 0 Å². The van der Waals surface area contributed by atoms with E-state index in [1.54, 1.807) is 11.9 Å². The number of nitrogens with zero attached hydrogens (tertiary/aromatic N) is 3. The van der Waals surface area contributed by atoms with Crippen molar-refractivity contribution in [3.63, 3.8) is 0 Å². The van der Waals surface area contributed by atoms with Gasteiger partial charge in [0.05, 0.1) is 29.9 Å². The molecule has 3 aliphatic heterocycles. The molecule has 0 aliphatic carbocycles. The molecular formula is C21H26F2N4O2S. The van der Waals surface area contributed by atoms with Crippen LogP contribution in [-0.4, -0.2) is 51.2 Å². The SMILES string of the molecule is Cc1c2c(nn1SC1CCOC1)CN(C1CO[C@H](c3cc(F)ccc3F)C(N)C1)C2. The maximum Gasteiger partial charge on any atom is 0.129 e. The Bertz CT molecular complexity index is 934. The topological polar surface area (TPSA) is 65.5 Å². The largest absolute Gasteiger partial charge is 0.380 e. The van der Waals surface area contributed by atoms with Gasteiger partial charge in [-0.05, 0) is 49.9 Å². The zero-order chi connectivity index (χ0) is 20.8. The summed E-state index contributed by atoms with van der Waals surface area (Å²) in [6.07, 6.45) is 1.10. The molecule has 30 heavy (non-hydrogen) atoms. The Labute approximate surface area is 178 Å². The molecule has 6 nitrogen and oxygen atoms in total. The number of hydrogen-bond donors (Lipinski definition) is 1. The maximum atomic E-state index is 14.2. The number of nitrogens with two attached hydrogens (primary N) is 1. The van der Waals surface area contributed by atoms with E-state index in [2.05, 4.69) is 11.8 Å². The molecule has 3 unspecified atom stereocenters. The lowest BCUT2D eigenvalue weighted by Gasteiger charge is -2.38. The molecule has 0 saturated carbocycles. The second-order valence-electron chi connectivity index (χ2n) is 8.35. The lowest BCUT2D eigenvalue weighted by Crippen LogP contribution is -2.47. The number of ether oxygens (including phenoxy) is 2. The summed E-state index contributed by atoms with van der Waals surface area (Å²) in [5.74, 6) is -0.963. The van der Waals surface area contributed by atoms with Gasteiger partial charge in [-0.3, -0.25) is 4.90 Å². The van der Waals surface area contributed by atoms with Gasteiger partial charge in [0.15, 0.2) is 0 Å². The minimum atomic E-state index is -0.627. The fourth-order valence-electron chi connectivity index (χ4n) is 4.60. The van der Waals surface area contributed by atoms with Gasteiger partial charge in [-0.1, -0.05) is 0 Å². The fourth-order valence-corrected chi connectivity index (χ4v) is 5.66. The number of hydrogen-bond acceptors (Lipinski definition) is 6. The molecule has 5 rings (SSSR count). The predicted molar refractivity (Wildman–Crippen MR) is 110 cm³/mol. The molecule has 3 aliphatic rings. The van der Waals surface area contributed by atoms with Crippen molar-refractivity contribution in [3.8, 4) is 0 Å². The van der Waals surface area contributed by atoms with E-state index >= 15 is 0 Å². The summed E-state index contributed by atoms with van der Waals surface area (Å²) in [5.41, 5.74) is 10.1. The van der Waals surface area contributed by atoms with Gasteiger partial charge in [0, 0.05) is 42.9 Å². The average molecular weight is 437 g/mol. The van der Waals surface area contributed by atoms with E-state index in [-0.39, 0.29) is 11.6 Å². The number of halogens is 2. The van der Waals surface area contributed by atoms with Crippen LogP contribution < -0.4 is 5.73 Å². The van der Waals surface area contributed by atoms with Crippen LogP contribution in [0.1, 0.15) is 41.5 Å². The Morgan fingerprint density at radius 3 is 2.83 bits per heavy atom. The van der Waals surface area contributed by atoms with Gasteiger partial charge in [0.25, 0.3) is 0 Å². The number of benzene rings is 1. The number of aromatic nitrogens is 2. The van der Waals surface area contributed by atoms with E-state index in [9.17, 15) is 8.78 Å². The summed E-state index contributed by atoms with van der Waals surface area (Å²) >= 11 is 1.75. The van der Waals surface area contributed by atoms with Crippen LogP contribution in [0.4, 0.5) is 8.78 Å². The van der Waals surface area contributed by atoms with Gasteiger partial charge in [-0.2, -0.15) is 5.10 Å². The standard InChI is InChI=1S/C21H26F2N4O2S/c1-12-17-8-26(9-20(17)25-27(12)30-15-4-5-28-11-15)14-7-19(24)21(29-10-14)16-6-13(22)2-3-18(16)23/h2-3,6,14-15,19,21H,4-5,7-11,24H2,1H3/t14?,15?,19?,21-/m1/s1. The van der Waals surface area contributed by atoms with Crippen molar-refractivity contribution in [2.75, 3.05) is 19.8 Å². The van der Waals surface area contributed by atoms with Crippen molar-refractivity contribution in [2.24, 2.45) is 5.73 Å². The van der Waals surface area contributed by atoms with Crippen LogP contribution >= 0.6 is 11.9 Å². The van der Waals surface area contributed by atoms with Gasteiger partial charge in [0.1, 0.15) is 17.7 Å². The van der Waals surface area contributed by atoms with Crippen molar-refractivity contribution < 1.29 is 18.3 Å². The third-order valence-corrected chi connectivity index (χ3v) is 7.54. The monoisotopic (exact) mass is 436 g/mol. The predicted octanol–water partition coefficient (Wildman–Crippen LogP) is 2.93. The molecule has 4 heterocycles. The molecule has 0 amide bonds. The Morgan fingerprint density at radius 2 is 2.10 bits per heavy atom. The van der Waals surface area contributed by atoms with Crippen molar-refractivity contribution in [1.29, 1.82) is 0 Å². The minimum Gasteiger partial charge on any atom is -0.380 e. The van der Waals surface area contributed by atoms with Crippen LogP contribution in [0.15, 0.2) is 18.2 Å². The first-order chi connectivity index (χ1) is 14.5.